The van der Waals surface area contributed by atoms with Gasteiger partial charge < -0.3 is 11.1 Å². The summed E-state index contributed by atoms with van der Waals surface area (Å²) in [6.45, 7) is 5.25. The summed E-state index contributed by atoms with van der Waals surface area (Å²) in [5.74, 6) is 2.22. The molecule has 3 N–H and O–H groups in total. The molecule has 2 aliphatic carbocycles. The quantitative estimate of drug-likeness (QED) is 0.839. The van der Waals surface area contributed by atoms with Gasteiger partial charge in [-0.25, -0.2) is 0 Å². The minimum Gasteiger partial charge on any atom is -0.353 e. The van der Waals surface area contributed by atoms with Crippen molar-refractivity contribution in [2.75, 3.05) is 6.54 Å². The van der Waals surface area contributed by atoms with Gasteiger partial charge in [0.1, 0.15) is 0 Å². The fourth-order valence-electron chi connectivity index (χ4n) is 3.74. The number of carbonyl (C=O) groups is 1. The molecule has 0 spiro atoms. The molecule has 0 saturated heterocycles. The van der Waals surface area contributed by atoms with E-state index < -0.39 is 0 Å². The van der Waals surface area contributed by atoms with Crippen molar-refractivity contribution in [2.24, 2.45) is 29.4 Å². The number of nitrogens with two attached hydrogens (primary N) is 1. The maximum Gasteiger partial charge on any atom is 0.223 e. The predicted octanol–water partition coefficient (Wildman–Crippen LogP) is 2.72. The minimum absolute atomic E-state index is 0. The Kier molecular flexibility index (Phi) is 6.61. The van der Waals surface area contributed by atoms with Crippen LogP contribution in [0.2, 0.25) is 0 Å². The summed E-state index contributed by atoms with van der Waals surface area (Å²) in [6, 6.07) is 0.389. The Morgan fingerprint density at radius 1 is 1.16 bits per heavy atom. The number of halogens is 1. The lowest BCUT2D eigenvalue weighted by Gasteiger charge is -2.35. The van der Waals surface area contributed by atoms with Crippen molar-refractivity contribution in [1.29, 1.82) is 0 Å². The van der Waals surface area contributed by atoms with E-state index in [9.17, 15) is 4.79 Å². The maximum absolute atomic E-state index is 12.4. The first-order chi connectivity index (χ1) is 8.63. The molecule has 0 radical (unpaired) electrons. The summed E-state index contributed by atoms with van der Waals surface area (Å²) >= 11 is 0. The van der Waals surface area contributed by atoms with Crippen molar-refractivity contribution in [3.8, 4) is 0 Å². The van der Waals surface area contributed by atoms with Crippen LogP contribution in [-0.4, -0.2) is 18.5 Å². The average molecular weight is 289 g/mol. The number of carbonyl (C=O) groups excluding carboxylic acids is 1. The zero-order chi connectivity index (χ0) is 13.1. The average Bonchev–Trinajstić information content (AvgIpc) is 2.83. The van der Waals surface area contributed by atoms with E-state index in [1.54, 1.807) is 0 Å². The lowest BCUT2D eigenvalue weighted by atomic mass is 9.78. The Hall–Kier alpha value is -0.280. The summed E-state index contributed by atoms with van der Waals surface area (Å²) in [7, 11) is 0. The van der Waals surface area contributed by atoms with Crippen molar-refractivity contribution in [2.45, 2.75) is 58.4 Å². The Labute approximate surface area is 123 Å². The van der Waals surface area contributed by atoms with Gasteiger partial charge in [0.25, 0.3) is 0 Å². The van der Waals surface area contributed by atoms with Crippen molar-refractivity contribution in [3.05, 3.63) is 0 Å². The first kappa shape index (κ1) is 16.8. The van der Waals surface area contributed by atoms with Crippen LogP contribution in [0.25, 0.3) is 0 Å². The number of hydrogen-bond acceptors (Lipinski definition) is 2. The number of hydrogen-bond donors (Lipinski definition) is 2. The molecular weight excluding hydrogens is 260 g/mol. The Morgan fingerprint density at radius 3 is 2.53 bits per heavy atom. The van der Waals surface area contributed by atoms with Gasteiger partial charge in [-0.15, -0.1) is 12.4 Å². The summed E-state index contributed by atoms with van der Waals surface area (Å²) in [5, 5.41) is 3.31. The van der Waals surface area contributed by atoms with Crippen molar-refractivity contribution in [3.63, 3.8) is 0 Å². The second-order valence-corrected chi connectivity index (χ2v) is 6.42. The molecular formula is C15H29ClN2O. The van der Waals surface area contributed by atoms with E-state index in [4.69, 9.17) is 5.73 Å². The van der Waals surface area contributed by atoms with Crippen LogP contribution in [0.4, 0.5) is 0 Å². The molecule has 2 aliphatic rings. The smallest absolute Gasteiger partial charge is 0.223 e. The van der Waals surface area contributed by atoms with E-state index in [0.717, 1.165) is 31.6 Å². The first-order valence-corrected chi connectivity index (χ1v) is 7.64. The van der Waals surface area contributed by atoms with Crippen LogP contribution in [0.5, 0.6) is 0 Å². The van der Waals surface area contributed by atoms with Gasteiger partial charge in [0.05, 0.1) is 0 Å². The summed E-state index contributed by atoms with van der Waals surface area (Å²) < 4.78 is 0. The lowest BCUT2D eigenvalue weighted by molar-refractivity contribution is -0.127. The van der Waals surface area contributed by atoms with E-state index in [1.165, 1.54) is 12.8 Å². The molecule has 3 unspecified atom stereocenters. The van der Waals surface area contributed by atoms with E-state index in [-0.39, 0.29) is 24.2 Å². The van der Waals surface area contributed by atoms with Gasteiger partial charge in [0.2, 0.25) is 5.91 Å². The normalized spacial score (nSPS) is 38.6. The molecule has 0 aromatic heterocycles. The Morgan fingerprint density at radius 2 is 1.84 bits per heavy atom. The Bertz CT molecular complexity index is 298. The van der Waals surface area contributed by atoms with Crippen molar-refractivity contribution in [1.82, 2.24) is 5.32 Å². The molecule has 0 heterocycles. The minimum atomic E-state index is 0. The van der Waals surface area contributed by atoms with Crippen molar-refractivity contribution >= 4 is 18.3 Å². The second-order valence-electron chi connectivity index (χ2n) is 6.42. The van der Waals surface area contributed by atoms with E-state index in [2.05, 4.69) is 19.2 Å². The maximum atomic E-state index is 12.4. The first-order valence-electron chi connectivity index (χ1n) is 7.64. The van der Waals surface area contributed by atoms with Crippen LogP contribution >= 0.6 is 12.4 Å². The van der Waals surface area contributed by atoms with Gasteiger partial charge in [-0.2, -0.15) is 0 Å². The van der Waals surface area contributed by atoms with Crippen LogP contribution < -0.4 is 11.1 Å². The van der Waals surface area contributed by atoms with Crippen molar-refractivity contribution < 1.29 is 4.79 Å². The summed E-state index contributed by atoms with van der Waals surface area (Å²) in [5.41, 5.74) is 5.76. The molecule has 3 nitrogen and oxygen atoms in total. The third kappa shape index (κ3) is 3.85. The highest BCUT2D eigenvalue weighted by Gasteiger charge is 2.35. The molecule has 19 heavy (non-hydrogen) atoms. The fraction of sp³-hybridized carbons (Fsp3) is 0.933. The zero-order valence-corrected chi connectivity index (χ0v) is 13.0. The monoisotopic (exact) mass is 288 g/mol. The molecule has 0 aromatic rings. The highest BCUT2D eigenvalue weighted by atomic mass is 35.5. The molecule has 2 saturated carbocycles. The molecule has 2 fully saturated rings. The van der Waals surface area contributed by atoms with E-state index in [1.807, 2.05) is 0 Å². The van der Waals surface area contributed by atoms with E-state index >= 15 is 0 Å². The van der Waals surface area contributed by atoms with Gasteiger partial charge in [0.15, 0.2) is 0 Å². The van der Waals surface area contributed by atoms with E-state index in [0.29, 0.717) is 24.4 Å². The van der Waals surface area contributed by atoms with Crippen LogP contribution in [0, 0.1) is 23.7 Å². The fourth-order valence-corrected chi connectivity index (χ4v) is 3.74. The van der Waals surface area contributed by atoms with Gasteiger partial charge in [-0.1, -0.05) is 33.1 Å². The molecule has 0 bridgehead atoms. The molecule has 5 atom stereocenters. The van der Waals surface area contributed by atoms with Crippen LogP contribution in [0.15, 0.2) is 0 Å². The van der Waals surface area contributed by atoms with Gasteiger partial charge >= 0.3 is 0 Å². The number of amides is 1. The number of rotatable bonds is 3. The summed E-state index contributed by atoms with van der Waals surface area (Å²) in [4.78, 5) is 12.4. The third-order valence-electron chi connectivity index (χ3n) is 5.33. The molecule has 2 rings (SSSR count). The summed E-state index contributed by atoms with van der Waals surface area (Å²) in [6.07, 6.45) is 7.03. The van der Waals surface area contributed by atoms with Crippen LogP contribution in [-0.2, 0) is 4.79 Å². The van der Waals surface area contributed by atoms with Crippen LogP contribution in [0.1, 0.15) is 52.4 Å². The van der Waals surface area contributed by atoms with Gasteiger partial charge in [0, 0.05) is 12.0 Å². The highest BCUT2D eigenvalue weighted by molar-refractivity contribution is 5.85. The second kappa shape index (κ2) is 7.49. The molecule has 0 aromatic carbocycles. The molecule has 112 valence electrons. The molecule has 1 amide bonds. The largest absolute Gasteiger partial charge is 0.353 e. The van der Waals surface area contributed by atoms with Gasteiger partial charge in [-0.3, -0.25) is 4.79 Å². The lowest BCUT2D eigenvalue weighted by Crippen LogP contribution is -2.47. The standard InChI is InChI=1S/C15H28N2O.ClH/c1-10-5-3-8-14(11(10)2)17-15(18)13-7-4-6-12(13)9-16;/h10-14H,3-9,16H2,1-2H3,(H,17,18);1H/t10?,11?,12-,13-,14?;/m1./s1. The topological polar surface area (TPSA) is 55.1 Å². The highest BCUT2D eigenvalue weighted by Crippen LogP contribution is 2.33. The molecule has 0 aliphatic heterocycles. The number of nitrogens with one attached hydrogen (secondary N) is 1. The Balaban J connectivity index is 0.00000180. The van der Waals surface area contributed by atoms with Crippen LogP contribution in [0.3, 0.4) is 0 Å². The SMILES string of the molecule is CC1CCCC(NC(=O)[C@@H]2CCC[C@@H]2CN)C1C.Cl. The van der Waals surface area contributed by atoms with Gasteiger partial charge in [-0.05, 0) is 43.6 Å². The third-order valence-corrected chi connectivity index (χ3v) is 5.33. The predicted molar refractivity (Wildman–Crippen MR) is 81.2 cm³/mol. The molecule has 4 heteroatoms. The zero-order valence-electron chi connectivity index (χ0n) is 12.2.